The number of carboxylic acid groups (broad SMARTS) is 1. The second-order valence-corrected chi connectivity index (χ2v) is 2.80. The minimum absolute atomic E-state index is 0.0422. The Kier molecular flexibility index (Phi) is 3.85. The molecule has 4 heteroatoms. The van der Waals surface area contributed by atoms with Gasteiger partial charge in [0.25, 0.3) is 0 Å². The molecular weight excluding hydrogens is 199 g/mol. The van der Waals surface area contributed by atoms with E-state index in [0.717, 1.165) is 6.07 Å². The van der Waals surface area contributed by atoms with Gasteiger partial charge in [0.05, 0.1) is 0 Å². The van der Waals surface area contributed by atoms with Gasteiger partial charge < -0.3 is 9.84 Å². The maximum Gasteiger partial charge on any atom is 0.342 e. The average Bonchev–Trinajstić information content (AvgIpc) is 2.17. The summed E-state index contributed by atoms with van der Waals surface area (Å²) in [7, 11) is 0. The van der Waals surface area contributed by atoms with Gasteiger partial charge in [-0.15, -0.1) is 0 Å². The van der Waals surface area contributed by atoms with E-state index in [0.29, 0.717) is 0 Å². The van der Waals surface area contributed by atoms with Crippen molar-refractivity contribution < 1.29 is 19.0 Å². The number of allylic oxidation sites excluding steroid dienone is 1. The summed E-state index contributed by atoms with van der Waals surface area (Å²) >= 11 is 0. The van der Waals surface area contributed by atoms with Crippen molar-refractivity contribution in [3.8, 4) is 5.75 Å². The van der Waals surface area contributed by atoms with Crippen molar-refractivity contribution in [2.75, 3.05) is 6.61 Å². The number of rotatable bonds is 4. The van der Waals surface area contributed by atoms with Gasteiger partial charge in [0, 0.05) is 0 Å². The SMILES string of the molecule is CC=CCOc1cccc(F)c1C(=O)O. The predicted octanol–water partition coefficient (Wildman–Crippen LogP) is 2.48. The van der Waals surface area contributed by atoms with E-state index in [2.05, 4.69) is 0 Å². The van der Waals surface area contributed by atoms with Gasteiger partial charge in [-0.3, -0.25) is 0 Å². The third kappa shape index (κ3) is 2.80. The normalized spacial score (nSPS) is 10.5. The van der Waals surface area contributed by atoms with Crippen LogP contribution >= 0.6 is 0 Å². The van der Waals surface area contributed by atoms with Crippen molar-refractivity contribution in [2.45, 2.75) is 6.92 Å². The summed E-state index contributed by atoms with van der Waals surface area (Å²) < 4.78 is 18.2. The van der Waals surface area contributed by atoms with Crippen molar-refractivity contribution in [3.63, 3.8) is 0 Å². The van der Waals surface area contributed by atoms with Crippen LogP contribution in [-0.2, 0) is 0 Å². The fourth-order valence-electron chi connectivity index (χ4n) is 1.07. The molecule has 0 aliphatic rings. The lowest BCUT2D eigenvalue weighted by Gasteiger charge is -2.07. The molecule has 80 valence electrons. The number of halogens is 1. The van der Waals surface area contributed by atoms with E-state index in [1.165, 1.54) is 12.1 Å². The smallest absolute Gasteiger partial charge is 0.342 e. The number of hydrogen-bond donors (Lipinski definition) is 1. The Bertz CT molecular complexity index is 385. The summed E-state index contributed by atoms with van der Waals surface area (Å²) in [6.45, 7) is 2.03. The monoisotopic (exact) mass is 210 g/mol. The highest BCUT2D eigenvalue weighted by Gasteiger charge is 2.16. The molecule has 0 aliphatic heterocycles. The van der Waals surface area contributed by atoms with Gasteiger partial charge in [-0.05, 0) is 19.1 Å². The van der Waals surface area contributed by atoms with Crippen LogP contribution in [0.25, 0.3) is 0 Å². The molecule has 0 aromatic heterocycles. The van der Waals surface area contributed by atoms with E-state index < -0.39 is 17.3 Å². The molecule has 0 heterocycles. The zero-order valence-electron chi connectivity index (χ0n) is 8.24. The summed E-state index contributed by atoms with van der Waals surface area (Å²) in [6.07, 6.45) is 3.47. The number of ether oxygens (including phenoxy) is 1. The van der Waals surface area contributed by atoms with Crippen LogP contribution in [0.5, 0.6) is 5.75 Å². The second-order valence-electron chi connectivity index (χ2n) is 2.80. The van der Waals surface area contributed by atoms with Crippen molar-refractivity contribution in [2.24, 2.45) is 0 Å². The lowest BCUT2D eigenvalue weighted by molar-refractivity contribution is 0.0687. The summed E-state index contributed by atoms with van der Waals surface area (Å²) in [6, 6.07) is 3.93. The fourth-order valence-corrected chi connectivity index (χ4v) is 1.07. The first-order chi connectivity index (χ1) is 7.16. The van der Waals surface area contributed by atoms with Crippen molar-refractivity contribution >= 4 is 5.97 Å². The summed E-state index contributed by atoms with van der Waals surface area (Å²) in [5, 5.41) is 8.76. The first-order valence-corrected chi connectivity index (χ1v) is 4.42. The van der Waals surface area contributed by atoms with Crippen LogP contribution in [0.15, 0.2) is 30.4 Å². The number of benzene rings is 1. The third-order valence-electron chi connectivity index (χ3n) is 1.76. The maximum atomic E-state index is 13.1. The van der Waals surface area contributed by atoms with E-state index in [4.69, 9.17) is 9.84 Å². The van der Waals surface area contributed by atoms with Crippen molar-refractivity contribution in [1.29, 1.82) is 0 Å². The van der Waals surface area contributed by atoms with E-state index in [-0.39, 0.29) is 12.4 Å². The molecule has 15 heavy (non-hydrogen) atoms. The Labute approximate surface area is 86.8 Å². The van der Waals surface area contributed by atoms with E-state index in [1.54, 1.807) is 12.2 Å². The molecule has 1 aromatic carbocycles. The molecule has 1 N–H and O–H groups in total. The molecule has 0 spiro atoms. The van der Waals surface area contributed by atoms with Gasteiger partial charge in [0.1, 0.15) is 23.7 Å². The largest absolute Gasteiger partial charge is 0.489 e. The topological polar surface area (TPSA) is 46.5 Å². The van der Waals surface area contributed by atoms with Crippen LogP contribution < -0.4 is 4.74 Å². The number of aromatic carboxylic acids is 1. The standard InChI is InChI=1S/C11H11FO3/c1-2-3-7-15-9-6-4-5-8(12)10(9)11(13)14/h2-6H,7H2,1H3,(H,13,14). The van der Waals surface area contributed by atoms with Crippen LogP contribution in [0.2, 0.25) is 0 Å². The second kappa shape index (κ2) is 5.14. The van der Waals surface area contributed by atoms with Gasteiger partial charge in [-0.25, -0.2) is 9.18 Å². The first kappa shape index (κ1) is 11.2. The quantitative estimate of drug-likeness (QED) is 0.776. The molecule has 0 bridgehead atoms. The number of carboxylic acids is 1. The molecule has 1 rings (SSSR count). The Balaban J connectivity index is 2.95. The van der Waals surface area contributed by atoms with Gasteiger partial charge in [0.2, 0.25) is 0 Å². The maximum absolute atomic E-state index is 13.1. The molecule has 0 aliphatic carbocycles. The van der Waals surface area contributed by atoms with Crippen molar-refractivity contribution in [3.05, 3.63) is 41.7 Å². The summed E-state index contributed by atoms with van der Waals surface area (Å²) in [5.74, 6) is -2.08. The molecule has 0 unspecified atom stereocenters. The molecule has 1 aromatic rings. The van der Waals surface area contributed by atoms with E-state index >= 15 is 0 Å². The Morgan fingerprint density at radius 3 is 2.93 bits per heavy atom. The molecule has 0 fully saturated rings. The fraction of sp³-hybridized carbons (Fsp3) is 0.182. The Hall–Kier alpha value is -1.84. The van der Waals surface area contributed by atoms with E-state index in [9.17, 15) is 9.18 Å². The minimum atomic E-state index is -1.33. The van der Waals surface area contributed by atoms with Gasteiger partial charge >= 0.3 is 5.97 Å². The molecule has 0 amide bonds. The minimum Gasteiger partial charge on any atom is -0.489 e. The predicted molar refractivity (Wildman–Crippen MR) is 53.7 cm³/mol. The molecular formula is C11H11FO3. The summed E-state index contributed by atoms with van der Waals surface area (Å²) in [4.78, 5) is 10.7. The van der Waals surface area contributed by atoms with Crippen LogP contribution in [0.1, 0.15) is 17.3 Å². The summed E-state index contributed by atoms with van der Waals surface area (Å²) in [5.41, 5.74) is -0.429. The first-order valence-electron chi connectivity index (χ1n) is 4.42. The van der Waals surface area contributed by atoms with Crippen LogP contribution in [0.4, 0.5) is 4.39 Å². The Morgan fingerprint density at radius 2 is 2.33 bits per heavy atom. The van der Waals surface area contributed by atoms with Crippen LogP contribution in [0, 0.1) is 5.82 Å². The molecule has 0 saturated heterocycles. The zero-order valence-corrected chi connectivity index (χ0v) is 8.24. The van der Waals surface area contributed by atoms with Gasteiger partial charge in [-0.1, -0.05) is 18.2 Å². The van der Waals surface area contributed by atoms with Gasteiger partial charge in [0.15, 0.2) is 0 Å². The highest BCUT2D eigenvalue weighted by atomic mass is 19.1. The number of hydrogen-bond acceptors (Lipinski definition) is 2. The highest BCUT2D eigenvalue weighted by Crippen LogP contribution is 2.21. The molecule has 0 saturated carbocycles. The molecule has 3 nitrogen and oxygen atoms in total. The van der Waals surface area contributed by atoms with Gasteiger partial charge in [-0.2, -0.15) is 0 Å². The average molecular weight is 210 g/mol. The number of carbonyl (C=O) groups is 1. The van der Waals surface area contributed by atoms with Crippen LogP contribution in [-0.4, -0.2) is 17.7 Å². The highest BCUT2D eigenvalue weighted by molar-refractivity contribution is 5.91. The third-order valence-corrected chi connectivity index (χ3v) is 1.76. The lowest BCUT2D eigenvalue weighted by Crippen LogP contribution is -2.05. The molecule has 0 atom stereocenters. The lowest BCUT2D eigenvalue weighted by atomic mass is 10.2. The van der Waals surface area contributed by atoms with Crippen molar-refractivity contribution in [1.82, 2.24) is 0 Å². The molecule has 0 radical (unpaired) electrons. The van der Waals surface area contributed by atoms with E-state index in [1.807, 2.05) is 6.92 Å². The Morgan fingerprint density at radius 1 is 1.60 bits per heavy atom. The zero-order chi connectivity index (χ0) is 11.3. The van der Waals surface area contributed by atoms with Crippen LogP contribution in [0.3, 0.4) is 0 Å².